The van der Waals surface area contributed by atoms with Crippen molar-refractivity contribution in [2.24, 2.45) is 5.41 Å². The fraction of sp³-hybridized carbons (Fsp3) is 0.500. The molecular formula is C12H16BrNO. The summed E-state index contributed by atoms with van der Waals surface area (Å²) >= 11 is 3.47. The van der Waals surface area contributed by atoms with Crippen molar-refractivity contribution < 1.29 is 4.74 Å². The number of hydrogen-bond donors (Lipinski definition) is 1. The van der Waals surface area contributed by atoms with Crippen LogP contribution in [0.4, 0.5) is 0 Å². The molecule has 0 saturated carbocycles. The van der Waals surface area contributed by atoms with Gasteiger partial charge in [0.1, 0.15) is 0 Å². The first kappa shape index (κ1) is 11.1. The molecule has 0 amide bonds. The summed E-state index contributed by atoms with van der Waals surface area (Å²) in [6, 6.07) is 8.39. The van der Waals surface area contributed by atoms with Crippen LogP contribution in [0.1, 0.15) is 12.5 Å². The van der Waals surface area contributed by atoms with Gasteiger partial charge in [-0.05, 0) is 17.7 Å². The summed E-state index contributed by atoms with van der Waals surface area (Å²) in [6.07, 6.45) is 0. The molecule has 1 aliphatic rings. The highest BCUT2D eigenvalue weighted by Gasteiger charge is 2.32. The standard InChI is InChI=1S/C12H16BrNO/c1-12(8-15-9-12)7-14-6-10-3-2-4-11(13)5-10/h2-5,14H,6-9H2,1H3. The van der Waals surface area contributed by atoms with Crippen LogP contribution in [0.3, 0.4) is 0 Å². The first-order valence-corrected chi connectivity index (χ1v) is 6.00. The highest BCUT2D eigenvalue weighted by Crippen LogP contribution is 2.25. The molecule has 0 radical (unpaired) electrons. The van der Waals surface area contributed by atoms with E-state index in [2.05, 4.69) is 46.4 Å². The summed E-state index contributed by atoms with van der Waals surface area (Å²) in [5.41, 5.74) is 1.67. The van der Waals surface area contributed by atoms with E-state index < -0.39 is 0 Å². The van der Waals surface area contributed by atoms with Gasteiger partial charge in [0.25, 0.3) is 0 Å². The predicted molar refractivity (Wildman–Crippen MR) is 64.8 cm³/mol. The Hall–Kier alpha value is -0.380. The molecule has 0 atom stereocenters. The lowest BCUT2D eigenvalue weighted by Crippen LogP contribution is -2.47. The normalized spacial score (nSPS) is 18.5. The molecule has 1 aromatic carbocycles. The average molecular weight is 270 g/mol. The molecule has 1 saturated heterocycles. The molecule has 2 nitrogen and oxygen atoms in total. The summed E-state index contributed by atoms with van der Waals surface area (Å²) in [6.45, 7) is 5.98. The Morgan fingerprint density at radius 1 is 1.47 bits per heavy atom. The molecule has 1 fully saturated rings. The second-order valence-corrected chi connectivity index (χ2v) is 5.45. The van der Waals surface area contributed by atoms with E-state index in [9.17, 15) is 0 Å². The fourth-order valence-electron chi connectivity index (χ4n) is 1.71. The minimum atomic E-state index is 0.353. The Kier molecular flexibility index (Phi) is 3.44. The zero-order chi connectivity index (χ0) is 10.7. The topological polar surface area (TPSA) is 21.3 Å². The van der Waals surface area contributed by atoms with Crippen molar-refractivity contribution in [3.8, 4) is 0 Å². The molecule has 3 heteroatoms. The zero-order valence-electron chi connectivity index (χ0n) is 8.92. The lowest BCUT2D eigenvalue weighted by atomic mass is 9.89. The number of benzene rings is 1. The van der Waals surface area contributed by atoms with Crippen molar-refractivity contribution in [1.29, 1.82) is 0 Å². The third-order valence-electron chi connectivity index (χ3n) is 2.67. The van der Waals surface area contributed by atoms with Gasteiger partial charge in [0.15, 0.2) is 0 Å². The Labute approximate surface area is 99.1 Å². The van der Waals surface area contributed by atoms with Gasteiger partial charge in [-0.2, -0.15) is 0 Å². The van der Waals surface area contributed by atoms with Crippen LogP contribution in [0, 0.1) is 5.41 Å². The molecule has 82 valence electrons. The number of hydrogen-bond acceptors (Lipinski definition) is 2. The van der Waals surface area contributed by atoms with Gasteiger partial charge in [-0.15, -0.1) is 0 Å². The Morgan fingerprint density at radius 2 is 2.27 bits per heavy atom. The number of rotatable bonds is 4. The van der Waals surface area contributed by atoms with Crippen LogP contribution in [0.25, 0.3) is 0 Å². The summed E-state index contributed by atoms with van der Waals surface area (Å²) in [7, 11) is 0. The van der Waals surface area contributed by atoms with Gasteiger partial charge in [0.2, 0.25) is 0 Å². The SMILES string of the molecule is CC1(CNCc2cccc(Br)c2)COC1. The number of nitrogens with one attached hydrogen (secondary N) is 1. The second-order valence-electron chi connectivity index (χ2n) is 4.54. The van der Waals surface area contributed by atoms with E-state index in [-0.39, 0.29) is 0 Å². The number of halogens is 1. The van der Waals surface area contributed by atoms with Crippen LogP contribution < -0.4 is 5.32 Å². The first-order chi connectivity index (χ1) is 7.18. The smallest absolute Gasteiger partial charge is 0.0554 e. The van der Waals surface area contributed by atoms with Crippen molar-refractivity contribution in [3.05, 3.63) is 34.3 Å². The molecule has 1 heterocycles. The van der Waals surface area contributed by atoms with Gasteiger partial charge < -0.3 is 10.1 Å². The minimum Gasteiger partial charge on any atom is -0.380 e. The number of ether oxygens (including phenoxy) is 1. The molecule has 2 rings (SSSR count). The van der Waals surface area contributed by atoms with Gasteiger partial charge >= 0.3 is 0 Å². The van der Waals surface area contributed by atoms with E-state index in [1.54, 1.807) is 0 Å². The van der Waals surface area contributed by atoms with Gasteiger partial charge in [0.05, 0.1) is 13.2 Å². The van der Waals surface area contributed by atoms with Crippen LogP contribution >= 0.6 is 15.9 Å². The van der Waals surface area contributed by atoms with Crippen LogP contribution in [-0.4, -0.2) is 19.8 Å². The van der Waals surface area contributed by atoms with E-state index in [1.165, 1.54) is 5.56 Å². The molecule has 0 spiro atoms. The molecule has 1 N–H and O–H groups in total. The van der Waals surface area contributed by atoms with E-state index in [1.807, 2.05) is 6.07 Å². The van der Waals surface area contributed by atoms with Crippen molar-refractivity contribution in [3.63, 3.8) is 0 Å². The lowest BCUT2D eigenvalue weighted by Gasteiger charge is -2.38. The summed E-state index contributed by atoms with van der Waals surface area (Å²) in [5, 5.41) is 3.47. The minimum absolute atomic E-state index is 0.353. The van der Waals surface area contributed by atoms with E-state index in [4.69, 9.17) is 4.74 Å². The van der Waals surface area contributed by atoms with Gasteiger partial charge in [-0.1, -0.05) is 35.0 Å². The maximum atomic E-state index is 5.21. The summed E-state index contributed by atoms with van der Waals surface area (Å²) in [4.78, 5) is 0. The first-order valence-electron chi connectivity index (χ1n) is 5.21. The molecular weight excluding hydrogens is 254 g/mol. The zero-order valence-corrected chi connectivity index (χ0v) is 10.5. The van der Waals surface area contributed by atoms with Crippen molar-refractivity contribution >= 4 is 15.9 Å². The maximum Gasteiger partial charge on any atom is 0.0554 e. The molecule has 0 unspecified atom stereocenters. The highest BCUT2D eigenvalue weighted by atomic mass is 79.9. The van der Waals surface area contributed by atoms with E-state index >= 15 is 0 Å². The molecule has 15 heavy (non-hydrogen) atoms. The Morgan fingerprint density at radius 3 is 2.87 bits per heavy atom. The highest BCUT2D eigenvalue weighted by molar-refractivity contribution is 9.10. The van der Waals surface area contributed by atoms with E-state index in [0.717, 1.165) is 30.8 Å². The van der Waals surface area contributed by atoms with Crippen LogP contribution in [-0.2, 0) is 11.3 Å². The molecule has 0 bridgehead atoms. The van der Waals surface area contributed by atoms with Crippen molar-refractivity contribution in [2.75, 3.05) is 19.8 Å². The molecule has 0 aromatic heterocycles. The van der Waals surface area contributed by atoms with Gasteiger partial charge in [-0.3, -0.25) is 0 Å². The second kappa shape index (κ2) is 4.64. The van der Waals surface area contributed by atoms with E-state index in [0.29, 0.717) is 5.41 Å². The maximum absolute atomic E-state index is 5.21. The fourth-order valence-corrected chi connectivity index (χ4v) is 2.15. The quantitative estimate of drug-likeness (QED) is 0.908. The van der Waals surface area contributed by atoms with Crippen molar-refractivity contribution in [2.45, 2.75) is 13.5 Å². The monoisotopic (exact) mass is 269 g/mol. The summed E-state index contributed by atoms with van der Waals surface area (Å²) < 4.78 is 6.35. The lowest BCUT2D eigenvalue weighted by molar-refractivity contribution is -0.0991. The largest absolute Gasteiger partial charge is 0.380 e. The van der Waals surface area contributed by atoms with Crippen molar-refractivity contribution in [1.82, 2.24) is 5.32 Å². The third kappa shape index (κ3) is 3.03. The third-order valence-corrected chi connectivity index (χ3v) is 3.16. The Balaban J connectivity index is 1.78. The van der Waals surface area contributed by atoms with Gasteiger partial charge in [-0.25, -0.2) is 0 Å². The van der Waals surface area contributed by atoms with Crippen LogP contribution in [0.5, 0.6) is 0 Å². The molecule has 1 aliphatic heterocycles. The molecule has 0 aliphatic carbocycles. The van der Waals surface area contributed by atoms with Crippen LogP contribution in [0.2, 0.25) is 0 Å². The molecule has 1 aromatic rings. The summed E-state index contributed by atoms with van der Waals surface area (Å²) in [5.74, 6) is 0. The average Bonchev–Trinajstić information content (AvgIpc) is 2.15. The van der Waals surface area contributed by atoms with Crippen LogP contribution in [0.15, 0.2) is 28.7 Å². The van der Waals surface area contributed by atoms with Gasteiger partial charge in [0, 0.05) is 23.0 Å². The predicted octanol–water partition coefficient (Wildman–Crippen LogP) is 2.58. The Bertz CT molecular complexity index is 336.